The molecule has 100 valence electrons. The number of nitrogens with two attached hydrogens (primary N) is 2. The maximum Gasteiger partial charge on any atom is 0.225 e. The summed E-state index contributed by atoms with van der Waals surface area (Å²) >= 11 is 0. The molecule has 18 heavy (non-hydrogen) atoms. The first-order valence-electron chi connectivity index (χ1n) is 6.21. The van der Waals surface area contributed by atoms with Crippen molar-refractivity contribution in [3.05, 3.63) is 5.82 Å². The first kappa shape index (κ1) is 13.0. The van der Waals surface area contributed by atoms with Gasteiger partial charge >= 0.3 is 0 Å². The van der Waals surface area contributed by atoms with Crippen LogP contribution >= 0.6 is 0 Å². The smallest absolute Gasteiger partial charge is 0.225 e. The number of aliphatic hydroxyl groups is 1. The van der Waals surface area contributed by atoms with Gasteiger partial charge < -0.3 is 16.6 Å². The molecule has 1 aliphatic heterocycles. The first-order valence-corrected chi connectivity index (χ1v) is 6.21. The number of anilines is 2. The van der Waals surface area contributed by atoms with E-state index >= 15 is 0 Å². The molecule has 5 N–H and O–H groups in total. The van der Waals surface area contributed by atoms with Gasteiger partial charge in [-0.1, -0.05) is 0 Å². The quantitative estimate of drug-likeness (QED) is 0.672. The molecule has 1 aromatic heterocycles. The summed E-state index contributed by atoms with van der Waals surface area (Å²) in [5, 5.41) is 9.54. The molecule has 0 spiro atoms. The highest BCUT2D eigenvalue weighted by molar-refractivity contribution is 5.25. The van der Waals surface area contributed by atoms with Crippen molar-refractivity contribution in [1.82, 2.24) is 19.9 Å². The molecule has 7 nitrogen and oxygen atoms in total. The van der Waals surface area contributed by atoms with Crippen LogP contribution < -0.4 is 11.5 Å². The highest BCUT2D eigenvalue weighted by Gasteiger charge is 2.23. The summed E-state index contributed by atoms with van der Waals surface area (Å²) in [6.45, 7) is 4.35. The fourth-order valence-electron chi connectivity index (χ4n) is 2.32. The summed E-state index contributed by atoms with van der Waals surface area (Å²) in [4.78, 5) is 14.1. The Morgan fingerprint density at radius 1 is 1.22 bits per heavy atom. The van der Waals surface area contributed by atoms with Crippen LogP contribution in [0.15, 0.2) is 0 Å². The van der Waals surface area contributed by atoms with Crippen LogP contribution in [0.25, 0.3) is 0 Å². The molecule has 0 saturated carbocycles. The summed E-state index contributed by atoms with van der Waals surface area (Å²) in [5.74, 6) is 1.33. The Bertz CT molecular complexity index is 382. The lowest BCUT2D eigenvalue weighted by atomic mass is 9.92. The van der Waals surface area contributed by atoms with E-state index in [1.807, 2.05) is 6.92 Å². The van der Waals surface area contributed by atoms with E-state index < -0.39 is 0 Å². The first-order chi connectivity index (χ1) is 8.54. The molecule has 0 bridgehead atoms. The average molecular weight is 252 g/mol. The molecule has 7 heteroatoms. The minimum atomic E-state index is -0.226. The number of nitrogen functional groups attached to an aromatic ring is 2. The maximum absolute atomic E-state index is 9.54. The van der Waals surface area contributed by atoms with Gasteiger partial charge in [0.05, 0.1) is 12.6 Å². The van der Waals surface area contributed by atoms with Crippen LogP contribution in [0.2, 0.25) is 0 Å². The largest absolute Gasteiger partial charge is 0.393 e. The van der Waals surface area contributed by atoms with Crippen molar-refractivity contribution < 1.29 is 5.11 Å². The van der Waals surface area contributed by atoms with Gasteiger partial charge in [0, 0.05) is 0 Å². The lowest BCUT2D eigenvalue weighted by molar-refractivity contribution is 0.0687. The summed E-state index contributed by atoms with van der Waals surface area (Å²) in [7, 11) is 0. The predicted octanol–water partition coefficient (Wildman–Crippen LogP) is -0.371. The van der Waals surface area contributed by atoms with Gasteiger partial charge in [0.1, 0.15) is 5.82 Å². The Morgan fingerprint density at radius 2 is 1.78 bits per heavy atom. The van der Waals surface area contributed by atoms with Gasteiger partial charge in [0.25, 0.3) is 0 Å². The van der Waals surface area contributed by atoms with Crippen LogP contribution in [0.3, 0.4) is 0 Å². The molecular formula is C11H20N6O. The van der Waals surface area contributed by atoms with Crippen molar-refractivity contribution in [2.45, 2.75) is 32.4 Å². The minimum Gasteiger partial charge on any atom is -0.393 e. The van der Waals surface area contributed by atoms with E-state index in [0.717, 1.165) is 25.9 Å². The average Bonchev–Trinajstić information content (AvgIpc) is 2.28. The van der Waals surface area contributed by atoms with Crippen LogP contribution in [0.5, 0.6) is 0 Å². The number of hydrogen-bond acceptors (Lipinski definition) is 7. The van der Waals surface area contributed by atoms with Gasteiger partial charge in [-0.3, -0.25) is 4.90 Å². The van der Waals surface area contributed by atoms with Crippen LogP contribution in [0.4, 0.5) is 11.9 Å². The van der Waals surface area contributed by atoms with Crippen LogP contribution in [-0.4, -0.2) is 44.2 Å². The van der Waals surface area contributed by atoms with Crippen LogP contribution in [0, 0.1) is 5.92 Å². The van der Waals surface area contributed by atoms with Gasteiger partial charge in [0.15, 0.2) is 0 Å². The number of rotatable bonds is 3. The number of aromatic nitrogens is 3. The number of nitrogens with zero attached hydrogens (tertiary/aromatic N) is 4. The zero-order chi connectivity index (χ0) is 13.1. The summed E-state index contributed by atoms with van der Waals surface area (Å²) in [5.41, 5.74) is 11.1. The maximum atomic E-state index is 9.54. The zero-order valence-electron chi connectivity index (χ0n) is 10.6. The van der Waals surface area contributed by atoms with Crippen molar-refractivity contribution in [3.8, 4) is 0 Å². The highest BCUT2D eigenvalue weighted by atomic mass is 16.3. The number of hydrogen-bond donors (Lipinski definition) is 3. The predicted molar refractivity (Wildman–Crippen MR) is 68.3 cm³/mol. The van der Waals surface area contributed by atoms with Crippen molar-refractivity contribution >= 4 is 11.9 Å². The molecule has 1 atom stereocenters. The Hall–Kier alpha value is -1.47. The fraction of sp³-hybridized carbons (Fsp3) is 0.727. The molecular weight excluding hydrogens is 232 g/mol. The van der Waals surface area contributed by atoms with Crippen molar-refractivity contribution in [2.75, 3.05) is 24.6 Å². The lowest BCUT2D eigenvalue weighted by Gasteiger charge is -2.32. The van der Waals surface area contributed by atoms with Gasteiger partial charge in [-0.2, -0.15) is 15.0 Å². The normalized spacial score (nSPS) is 19.9. The SMILES string of the molecule is CC(O)C1CCN(Cc2nc(N)nc(N)n2)CC1. The number of likely N-dealkylation sites (tertiary alicyclic amines) is 1. The van der Waals surface area contributed by atoms with Crippen LogP contribution in [0.1, 0.15) is 25.6 Å². The third-order valence-corrected chi connectivity index (χ3v) is 3.40. The second kappa shape index (κ2) is 5.45. The zero-order valence-corrected chi connectivity index (χ0v) is 10.6. The second-order valence-corrected chi connectivity index (χ2v) is 4.82. The van der Waals surface area contributed by atoms with Gasteiger partial charge in [-0.05, 0) is 38.8 Å². The third kappa shape index (κ3) is 3.27. The monoisotopic (exact) mass is 252 g/mol. The van der Waals surface area contributed by atoms with E-state index in [9.17, 15) is 5.11 Å². The Kier molecular flexibility index (Phi) is 3.93. The third-order valence-electron chi connectivity index (χ3n) is 3.40. The molecule has 2 heterocycles. The van der Waals surface area contributed by atoms with Gasteiger partial charge in [0.2, 0.25) is 11.9 Å². The Morgan fingerprint density at radius 3 is 2.28 bits per heavy atom. The number of piperidine rings is 1. The molecule has 0 aromatic carbocycles. The standard InChI is InChI=1S/C11H20N6O/c1-7(18)8-2-4-17(5-3-8)6-9-14-10(12)16-11(13)15-9/h7-8,18H,2-6H2,1H3,(H4,12,13,14,15,16). The van der Waals surface area contributed by atoms with E-state index in [2.05, 4.69) is 19.9 Å². The molecule has 1 fully saturated rings. The number of aliphatic hydroxyl groups excluding tert-OH is 1. The van der Waals surface area contributed by atoms with Gasteiger partial charge in [-0.25, -0.2) is 0 Å². The second-order valence-electron chi connectivity index (χ2n) is 4.82. The lowest BCUT2D eigenvalue weighted by Crippen LogP contribution is -2.37. The van der Waals surface area contributed by atoms with E-state index in [0.29, 0.717) is 18.3 Å². The molecule has 0 amide bonds. The fourth-order valence-corrected chi connectivity index (χ4v) is 2.32. The van der Waals surface area contributed by atoms with Crippen LogP contribution in [-0.2, 0) is 6.54 Å². The molecule has 0 radical (unpaired) electrons. The molecule has 1 aliphatic rings. The highest BCUT2D eigenvalue weighted by Crippen LogP contribution is 2.21. The Labute approximate surface area is 106 Å². The summed E-state index contributed by atoms with van der Waals surface area (Å²) in [6.07, 6.45) is 1.76. The molecule has 1 saturated heterocycles. The van der Waals surface area contributed by atoms with E-state index in [1.165, 1.54) is 0 Å². The molecule has 1 aromatic rings. The Balaban J connectivity index is 1.91. The van der Waals surface area contributed by atoms with E-state index in [-0.39, 0.29) is 18.0 Å². The molecule has 1 unspecified atom stereocenters. The topological polar surface area (TPSA) is 114 Å². The molecule has 2 rings (SSSR count). The van der Waals surface area contributed by atoms with Gasteiger partial charge in [-0.15, -0.1) is 0 Å². The van der Waals surface area contributed by atoms with Crippen molar-refractivity contribution in [2.24, 2.45) is 5.92 Å². The van der Waals surface area contributed by atoms with E-state index in [1.54, 1.807) is 0 Å². The van der Waals surface area contributed by atoms with Crippen molar-refractivity contribution in [1.29, 1.82) is 0 Å². The molecule has 0 aliphatic carbocycles. The minimum absolute atomic E-state index is 0.163. The van der Waals surface area contributed by atoms with Crippen molar-refractivity contribution in [3.63, 3.8) is 0 Å². The summed E-state index contributed by atoms with van der Waals surface area (Å²) in [6, 6.07) is 0. The van der Waals surface area contributed by atoms with E-state index in [4.69, 9.17) is 11.5 Å². The summed E-state index contributed by atoms with van der Waals surface area (Å²) < 4.78 is 0.